The number of fused-ring (bicyclic) bond motifs is 1. The molecule has 2 heterocycles. The standard InChI is InChI=1S/C24H25ClN4O2/c25-19-7-4-8-20(13-19)31-16-21-27-23-22(29(21)15-17-5-2-1-3-6-17)24(30)28(12-11-26-23)14-18-9-10-18/h1-8,13,18,26H,9-12,14-16H2. The minimum absolute atomic E-state index is 0.0457. The Labute approximate surface area is 186 Å². The fourth-order valence-corrected chi connectivity index (χ4v) is 4.12. The minimum Gasteiger partial charge on any atom is -0.486 e. The zero-order valence-corrected chi connectivity index (χ0v) is 18.0. The molecule has 0 bridgehead atoms. The lowest BCUT2D eigenvalue weighted by Gasteiger charge is -2.21. The van der Waals surface area contributed by atoms with E-state index in [0.29, 0.717) is 53.7 Å². The van der Waals surface area contributed by atoms with Crippen LogP contribution in [-0.2, 0) is 13.2 Å². The molecule has 2 aliphatic rings. The Morgan fingerprint density at radius 3 is 2.74 bits per heavy atom. The Kier molecular flexibility index (Phi) is 5.55. The van der Waals surface area contributed by atoms with Crippen molar-refractivity contribution >= 4 is 23.3 Å². The second-order valence-corrected chi connectivity index (χ2v) is 8.60. The van der Waals surface area contributed by atoms with Crippen LogP contribution in [0.3, 0.4) is 0 Å². The van der Waals surface area contributed by atoms with Crippen LogP contribution in [-0.4, -0.2) is 40.0 Å². The van der Waals surface area contributed by atoms with Crippen LogP contribution in [0.4, 0.5) is 5.82 Å². The van der Waals surface area contributed by atoms with E-state index in [1.807, 2.05) is 45.9 Å². The maximum Gasteiger partial charge on any atom is 0.274 e. The molecule has 3 aromatic rings. The first kappa shape index (κ1) is 19.9. The number of imidazole rings is 1. The van der Waals surface area contributed by atoms with Gasteiger partial charge in [0.25, 0.3) is 5.91 Å². The van der Waals surface area contributed by atoms with Crippen LogP contribution in [0.25, 0.3) is 0 Å². The third-order valence-electron chi connectivity index (χ3n) is 5.73. The van der Waals surface area contributed by atoms with Gasteiger partial charge >= 0.3 is 0 Å². The smallest absolute Gasteiger partial charge is 0.274 e. The van der Waals surface area contributed by atoms with E-state index in [-0.39, 0.29) is 12.5 Å². The molecular formula is C24H25ClN4O2. The van der Waals surface area contributed by atoms with Crippen LogP contribution in [0.1, 0.15) is 34.7 Å². The topological polar surface area (TPSA) is 59.4 Å². The number of rotatable bonds is 7. The van der Waals surface area contributed by atoms with Crippen molar-refractivity contribution in [3.05, 3.63) is 76.7 Å². The molecule has 6 nitrogen and oxygen atoms in total. The number of benzene rings is 2. The second-order valence-electron chi connectivity index (χ2n) is 8.16. The van der Waals surface area contributed by atoms with Crippen molar-refractivity contribution in [3.63, 3.8) is 0 Å². The maximum atomic E-state index is 13.5. The summed E-state index contributed by atoms with van der Waals surface area (Å²) in [7, 11) is 0. The zero-order valence-electron chi connectivity index (χ0n) is 17.3. The van der Waals surface area contributed by atoms with Gasteiger partial charge in [0.1, 0.15) is 18.2 Å². The number of nitrogens with one attached hydrogen (secondary N) is 1. The number of hydrogen-bond acceptors (Lipinski definition) is 4. The van der Waals surface area contributed by atoms with Crippen molar-refractivity contribution in [1.29, 1.82) is 0 Å². The summed E-state index contributed by atoms with van der Waals surface area (Å²) in [5, 5.41) is 3.98. The largest absolute Gasteiger partial charge is 0.486 e. The molecule has 160 valence electrons. The zero-order chi connectivity index (χ0) is 21.2. The van der Waals surface area contributed by atoms with Gasteiger partial charge in [-0.15, -0.1) is 0 Å². The van der Waals surface area contributed by atoms with E-state index in [1.165, 1.54) is 12.8 Å². The SMILES string of the molecule is O=C1c2c(nc(COc3cccc(Cl)c3)n2Cc2ccccc2)NCCN1CC1CC1. The van der Waals surface area contributed by atoms with Crippen LogP contribution in [0.15, 0.2) is 54.6 Å². The van der Waals surface area contributed by atoms with Gasteiger partial charge in [-0.1, -0.05) is 48.0 Å². The number of halogens is 1. The third-order valence-corrected chi connectivity index (χ3v) is 5.97. The molecule has 1 saturated carbocycles. The van der Waals surface area contributed by atoms with Crippen LogP contribution in [0.2, 0.25) is 5.02 Å². The number of anilines is 1. The molecule has 31 heavy (non-hydrogen) atoms. The van der Waals surface area contributed by atoms with Crippen molar-refractivity contribution in [1.82, 2.24) is 14.5 Å². The molecule has 1 aliphatic carbocycles. The summed E-state index contributed by atoms with van der Waals surface area (Å²) in [5.41, 5.74) is 1.73. The van der Waals surface area contributed by atoms with E-state index in [2.05, 4.69) is 17.4 Å². The van der Waals surface area contributed by atoms with Crippen molar-refractivity contribution in [2.24, 2.45) is 5.92 Å². The van der Waals surface area contributed by atoms with Crippen molar-refractivity contribution in [3.8, 4) is 5.75 Å². The molecule has 1 N–H and O–H groups in total. The summed E-state index contributed by atoms with van der Waals surface area (Å²) in [6, 6.07) is 17.4. The summed E-state index contributed by atoms with van der Waals surface area (Å²) in [6.07, 6.45) is 2.43. The van der Waals surface area contributed by atoms with E-state index in [9.17, 15) is 4.79 Å². The van der Waals surface area contributed by atoms with Gasteiger partial charge in [0.05, 0.1) is 0 Å². The van der Waals surface area contributed by atoms with Crippen LogP contribution in [0.5, 0.6) is 5.75 Å². The maximum absolute atomic E-state index is 13.5. The van der Waals surface area contributed by atoms with Crippen LogP contribution < -0.4 is 10.1 Å². The highest BCUT2D eigenvalue weighted by atomic mass is 35.5. The predicted octanol–water partition coefficient (Wildman–Crippen LogP) is 4.44. The van der Waals surface area contributed by atoms with Gasteiger partial charge in [-0.2, -0.15) is 0 Å². The average molecular weight is 437 g/mol. The first-order valence-corrected chi connectivity index (χ1v) is 11.1. The summed E-state index contributed by atoms with van der Waals surface area (Å²) < 4.78 is 7.97. The first-order valence-electron chi connectivity index (χ1n) is 10.7. The van der Waals surface area contributed by atoms with E-state index in [0.717, 1.165) is 12.1 Å². The van der Waals surface area contributed by atoms with Gasteiger partial charge in [-0.25, -0.2) is 4.98 Å². The minimum atomic E-state index is 0.0457. The van der Waals surface area contributed by atoms with Gasteiger partial charge in [-0.3, -0.25) is 4.79 Å². The van der Waals surface area contributed by atoms with Crippen molar-refractivity contribution < 1.29 is 9.53 Å². The Morgan fingerprint density at radius 2 is 1.97 bits per heavy atom. The van der Waals surface area contributed by atoms with Gasteiger partial charge in [0.2, 0.25) is 0 Å². The molecule has 5 rings (SSSR count). The molecule has 2 aromatic carbocycles. The van der Waals surface area contributed by atoms with Gasteiger partial charge in [0, 0.05) is 31.2 Å². The molecule has 0 unspecified atom stereocenters. The lowest BCUT2D eigenvalue weighted by Crippen LogP contribution is -2.35. The first-order chi connectivity index (χ1) is 15.2. The number of aromatic nitrogens is 2. The molecule has 1 aromatic heterocycles. The number of carbonyl (C=O) groups excluding carboxylic acids is 1. The number of amides is 1. The van der Waals surface area contributed by atoms with Gasteiger partial charge < -0.3 is 19.5 Å². The fourth-order valence-electron chi connectivity index (χ4n) is 3.94. The Morgan fingerprint density at radius 1 is 1.13 bits per heavy atom. The molecule has 7 heteroatoms. The molecule has 1 aliphatic heterocycles. The Hall–Kier alpha value is -2.99. The van der Waals surface area contributed by atoms with Gasteiger partial charge in [0.15, 0.2) is 11.5 Å². The van der Waals surface area contributed by atoms with Crippen molar-refractivity contribution in [2.45, 2.75) is 26.0 Å². The Bertz CT molecular complexity index is 1080. The van der Waals surface area contributed by atoms with E-state index in [1.54, 1.807) is 6.07 Å². The van der Waals surface area contributed by atoms with Crippen LogP contribution >= 0.6 is 11.6 Å². The lowest BCUT2D eigenvalue weighted by molar-refractivity contribution is 0.0749. The number of ether oxygens (including phenoxy) is 1. The monoisotopic (exact) mass is 436 g/mol. The lowest BCUT2D eigenvalue weighted by atomic mass is 10.2. The van der Waals surface area contributed by atoms with Crippen molar-refractivity contribution in [2.75, 3.05) is 25.0 Å². The molecule has 0 radical (unpaired) electrons. The quantitative estimate of drug-likeness (QED) is 0.594. The molecule has 0 spiro atoms. The number of carbonyl (C=O) groups is 1. The molecule has 1 amide bonds. The second kappa shape index (κ2) is 8.63. The molecule has 0 atom stereocenters. The highest BCUT2D eigenvalue weighted by Gasteiger charge is 2.33. The summed E-state index contributed by atoms with van der Waals surface area (Å²) in [4.78, 5) is 20.3. The van der Waals surface area contributed by atoms with Gasteiger partial charge in [-0.05, 0) is 42.5 Å². The molecular weight excluding hydrogens is 412 g/mol. The summed E-state index contributed by atoms with van der Waals surface area (Å²) >= 11 is 6.09. The normalized spacial score (nSPS) is 15.9. The van der Waals surface area contributed by atoms with E-state index < -0.39 is 0 Å². The van der Waals surface area contributed by atoms with E-state index >= 15 is 0 Å². The highest BCUT2D eigenvalue weighted by molar-refractivity contribution is 6.30. The number of hydrogen-bond donors (Lipinski definition) is 1. The summed E-state index contributed by atoms with van der Waals surface area (Å²) in [5.74, 6) is 2.71. The van der Waals surface area contributed by atoms with E-state index in [4.69, 9.17) is 21.3 Å². The molecule has 0 saturated heterocycles. The van der Waals surface area contributed by atoms with Crippen LogP contribution in [0, 0.1) is 5.92 Å². The third kappa shape index (κ3) is 4.54. The highest BCUT2D eigenvalue weighted by Crippen LogP contribution is 2.32. The average Bonchev–Trinajstić information content (AvgIpc) is 3.55. The predicted molar refractivity (Wildman–Crippen MR) is 121 cm³/mol. The number of nitrogens with zero attached hydrogens (tertiary/aromatic N) is 3. The fraction of sp³-hybridized carbons (Fsp3) is 0.333. The molecule has 1 fully saturated rings. The summed E-state index contributed by atoms with van der Waals surface area (Å²) in [6.45, 7) is 3.03. The Balaban J connectivity index is 1.48.